The zero-order chi connectivity index (χ0) is 27.4. The van der Waals surface area contributed by atoms with Gasteiger partial charge in [-0.3, -0.25) is 9.36 Å². The van der Waals surface area contributed by atoms with Gasteiger partial charge in [-0.2, -0.15) is 4.98 Å². The third-order valence-corrected chi connectivity index (χ3v) is 11.8. The first kappa shape index (κ1) is 27.4. The van der Waals surface area contributed by atoms with Gasteiger partial charge >= 0.3 is 5.69 Å². The maximum absolute atomic E-state index is 12.7. The summed E-state index contributed by atoms with van der Waals surface area (Å²) in [4.78, 5) is 28.0. The van der Waals surface area contributed by atoms with Gasteiger partial charge in [0.05, 0.1) is 6.61 Å². The average Bonchev–Trinajstić information content (AvgIpc) is 3.28. The molecule has 0 aliphatic carbocycles. The van der Waals surface area contributed by atoms with Gasteiger partial charge in [0, 0.05) is 19.5 Å². The number of hydrogen-bond donors (Lipinski definition) is 1. The normalized spacial score (nSPS) is 19.3. The van der Waals surface area contributed by atoms with Gasteiger partial charge in [0.15, 0.2) is 6.23 Å². The van der Waals surface area contributed by atoms with E-state index in [1.54, 1.807) is 12.3 Å². The molecule has 1 N–H and O–H groups in total. The fourth-order valence-electron chi connectivity index (χ4n) is 5.08. The molecule has 0 saturated carbocycles. The minimum Gasteiger partial charge on any atom is -0.404 e. The number of carbonyl (C=O) groups is 1. The van der Waals surface area contributed by atoms with E-state index in [1.807, 2.05) is 30.4 Å². The van der Waals surface area contributed by atoms with Crippen molar-refractivity contribution in [2.45, 2.75) is 51.0 Å². The summed E-state index contributed by atoms with van der Waals surface area (Å²) >= 11 is 0. The number of benzene rings is 2. The molecule has 1 amide bonds. The van der Waals surface area contributed by atoms with Gasteiger partial charge in [-0.15, -0.1) is 6.58 Å². The van der Waals surface area contributed by atoms with Crippen molar-refractivity contribution in [3.05, 3.63) is 108 Å². The van der Waals surface area contributed by atoms with Crippen molar-refractivity contribution in [1.82, 2.24) is 9.55 Å². The fraction of sp³-hybridized carbons (Fsp3) is 0.300. The quantitative estimate of drug-likeness (QED) is 0.332. The molecule has 2 aromatic carbocycles. The lowest BCUT2D eigenvalue weighted by molar-refractivity contribution is -0.114. The van der Waals surface area contributed by atoms with Gasteiger partial charge in [-0.05, 0) is 33.6 Å². The van der Waals surface area contributed by atoms with Crippen LogP contribution in [0.15, 0.2) is 103 Å². The molecule has 2 atom stereocenters. The molecule has 0 spiro atoms. The van der Waals surface area contributed by atoms with Crippen LogP contribution in [0.2, 0.25) is 5.04 Å². The average molecular weight is 530 g/mol. The van der Waals surface area contributed by atoms with Crippen molar-refractivity contribution in [1.29, 1.82) is 0 Å². The molecule has 198 valence electrons. The third kappa shape index (κ3) is 5.48. The third-order valence-electron chi connectivity index (χ3n) is 6.77. The number of aromatic nitrogens is 2. The van der Waals surface area contributed by atoms with E-state index in [9.17, 15) is 9.59 Å². The van der Waals surface area contributed by atoms with Gasteiger partial charge in [-0.25, -0.2) is 4.79 Å². The van der Waals surface area contributed by atoms with Gasteiger partial charge in [0.1, 0.15) is 11.4 Å². The Kier molecular flexibility index (Phi) is 7.96. The molecule has 7 nitrogen and oxygen atoms in total. The first-order valence-electron chi connectivity index (χ1n) is 12.7. The second-order valence-electron chi connectivity index (χ2n) is 10.6. The summed E-state index contributed by atoms with van der Waals surface area (Å²) in [5, 5.41) is 4.70. The van der Waals surface area contributed by atoms with E-state index in [1.165, 1.54) is 21.9 Å². The van der Waals surface area contributed by atoms with Crippen LogP contribution in [-0.4, -0.2) is 36.0 Å². The van der Waals surface area contributed by atoms with Crippen LogP contribution in [0.3, 0.4) is 0 Å². The highest BCUT2D eigenvalue weighted by atomic mass is 28.4. The summed E-state index contributed by atoms with van der Waals surface area (Å²) in [6.45, 7) is 12.3. The molecule has 0 radical (unpaired) electrons. The maximum atomic E-state index is 12.7. The predicted molar refractivity (Wildman–Crippen MR) is 153 cm³/mol. The van der Waals surface area contributed by atoms with Crippen LogP contribution in [0, 0.1) is 0 Å². The smallest absolute Gasteiger partial charge is 0.351 e. The standard InChI is InChI=1S/C30H35N3O4Si/c1-6-19-30(20-17-27(37-30)33-21-18-26(31-23(2)34)32-28(33)35)22-36-38(29(3,4)5,24-13-9-7-10-14-24)25-15-11-8-12-16-25/h6-18,20-21,27H,1,19,22H2,2-5H3,(H,31,32,34,35)/t27-,30+/m1/s1. The van der Waals surface area contributed by atoms with Crippen LogP contribution in [0.1, 0.15) is 40.3 Å². The zero-order valence-corrected chi connectivity index (χ0v) is 23.4. The van der Waals surface area contributed by atoms with E-state index in [0.29, 0.717) is 6.42 Å². The highest BCUT2D eigenvalue weighted by Crippen LogP contribution is 2.39. The summed E-state index contributed by atoms with van der Waals surface area (Å²) in [5.74, 6) is -0.0924. The van der Waals surface area contributed by atoms with Crippen LogP contribution in [0.4, 0.5) is 5.82 Å². The topological polar surface area (TPSA) is 82.5 Å². The first-order chi connectivity index (χ1) is 18.1. The van der Waals surface area contributed by atoms with Crippen molar-refractivity contribution >= 4 is 30.4 Å². The summed E-state index contributed by atoms with van der Waals surface area (Å²) in [6, 6.07) is 22.5. The summed E-state index contributed by atoms with van der Waals surface area (Å²) in [7, 11) is -2.80. The van der Waals surface area contributed by atoms with Crippen molar-refractivity contribution in [2.75, 3.05) is 11.9 Å². The second-order valence-corrected chi connectivity index (χ2v) is 14.9. The lowest BCUT2D eigenvalue weighted by atomic mass is 10.0. The summed E-state index contributed by atoms with van der Waals surface area (Å²) < 4.78 is 15.1. The molecule has 38 heavy (non-hydrogen) atoms. The number of rotatable bonds is 9. The Bertz CT molecular complexity index is 1330. The minimum absolute atomic E-state index is 0.187. The highest BCUT2D eigenvalue weighted by molar-refractivity contribution is 6.99. The number of ether oxygens (including phenoxy) is 1. The van der Waals surface area contributed by atoms with Gasteiger partial charge in [0.25, 0.3) is 8.32 Å². The number of hydrogen-bond acceptors (Lipinski definition) is 5. The Labute approximate surface area is 225 Å². The van der Waals surface area contributed by atoms with E-state index in [2.05, 4.69) is 86.2 Å². The molecule has 0 fully saturated rings. The molecule has 1 aliphatic heterocycles. The Morgan fingerprint density at radius 3 is 2.24 bits per heavy atom. The van der Waals surface area contributed by atoms with E-state index in [-0.39, 0.29) is 23.4 Å². The van der Waals surface area contributed by atoms with E-state index < -0.39 is 25.8 Å². The fourth-order valence-corrected chi connectivity index (χ4v) is 9.69. The molecule has 3 aromatic rings. The monoisotopic (exact) mass is 529 g/mol. The molecule has 1 aromatic heterocycles. The Morgan fingerprint density at radius 1 is 1.13 bits per heavy atom. The maximum Gasteiger partial charge on any atom is 0.351 e. The molecule has 8 heteroatoms. The largest absolute Gasteiger partial charge is 0.404 e. The molecular formula is C30H35N3O4Si. The Hall–Kier alpha value is -3.59. The number of anilines is 1. The molecule has 0 unspecified atom stereocenters. The Morgan fingerprint density at radius 2 is 1.74 bits per heavy atom. The molecular weight excluding hydrogens is 494 g/mol. The summed E-state index contributed by atoms with van der Waals surface area (Å²) in [5.41, 5.74) is -1.33. The number of nitrogens with zero attached hydrogens (tertiary/aromatic N) is 2. The van der Waals surface area contributed by atoms with Crippen molar-refractivity contribution < 1.29 is 14.0 Å². The van der Waals surface area contributed by atoms with Gasteiger partial charge in [0.2, 0.25) is 5.91 Å². The van der Waals surface area contributed by atoms with Gasteiger partial charge < -0.3 is 14.5 Å². The van der Waals surface area contributed by atoms with Gasteiger partial charge in [-0.1, -0.05) is 87.5 Å². The van der Waals surface area contributed by atoms with Crippen LogP contribution >= 0.6 is 0 Å². The van der Waals surface area contributed by atoms with Crippen molar-refractivity contribution in [3.8, 4) is 0 Å². The highest BCUT2D eigenvalue weighted by Gasteiger charge is 2.52. The summed E-state index contributed by atoms with van der Waals surface area (Å²) in [6.07, 6.45) is 7.03. The lowest BCUT2D eigenvalue weighted by Gasteiger charge is -2.44. The molecule has 1 aliphatic rings. The van der Waals surface area contributed by atoms with E-state index in [0.717, 1.165) is 0 Å². The van der Waals surface area contributed by atoms with E-state index >= 15 is 0 Å². The Balaban J connectivity index is 1.68. The van der Waals surface area contributed by atoms with Crippen LogP contribution in [-0.2, 0) is 14.0 Å². The van der Waals surface area contributed by atoms with E-state index in [4.69, 9.17) is 9.16 Å². The lowest BCUT2D eigenvalue weighted by Crippen LogP contribution is -2.67. The number of amides is 1. The van der Waals surface area contributed by atoms with Crippen LogP contribution < -0.4 is 21.4 Å². The molecule has 4 rings (SSSR count). The van der Waals surface area contributed by atoms with Crippen molar-refractivity contribution in [2.24, 2.45) is 0 Å². The van der Waals surface area contributed by atoms with Crippen LogP contribution in [0.5, 0.6) is 0 Å². The molecule has 0 saturated heterocycles. The number of carbonyl (C=O) groups excluding carboxylic acids is 1. The molecule has 0 bridgehead atoms. The second kappa shape index (κ2) is 11.0. The molecule has 2 heterocycles. The first-order valence-corrected chi connectivity index (χ1v) is 14.6. The van der Waals surface area contributed by atoms with Crippen molar-refractivity contribution in [3.63, 3.8) is 0 Å². The minimum atomic E-state index is -2.80. The predicted octanol–water partition coefficient (Wildman–Crippen LogP) is 4.18. The van der Waals surface area contributed by atoms with Crippen LogP contribution in [0.25, 0.3) is 0 Å². The SMILES string of the molecule is C=CC[C@@]1(CO[Si](c2ccccc2)(c2ccccc2)C(C)(C)C)C=C[C@H](n2ccc(NC(C)=O)nc2=O)O1. The number of nitrogens with one attached hydrogen (secondary N) is 1. The zero-order valence-electron chi connectivity index (χ0n) is 22.4.